The number of urea groups is 1. The Labute approximate surface area is 129 Å². The van der Waals surface area contributed by atoms with Crippen LogP contribution in [0.4, 0.5) is 4.79 Å². The van der Waals surface area contributed by atoms with Crippen LogP contribution in [-0.4, -0.2) is 53.6 Å². The Hall–Kier alpha value is -2.34. The first-order valence-electron chi connectivity index (χ1n) is 7.52. The maximum Gasteiger partial charge on any atom is 0.317 e. The van der Waals surface area contributed by atoms with Crippen LogP contribution in [0.2, 0.25) is 0 Å². The zero-order chi connectivity index (χ0) is 15.2. The van der Waals surface area contributed by atoms with E-state index >= 15 is 0 Å². The molecule has 6 nitrogen and oxygen atoms in total. The van der Waals surface area contributed by atoms with Crippen LogP contribution in [0.25, 0.3) is 11.3 Å². The lowest BCUT2D eigenvalue weighted by Gasteiger charge is -2.26. The average molecular weight is 300 g/mol. The minimum atomic E-state index is -0.0289. The summed E-state index contributed by atoms with van der Waals surface area (Å²) in [6.07, 6.45) is 1.93. The van der Waals surface area contributed by atoms with Crippen LogP contribution in [0.5, 0.6) is 0 Å². The number of nitrogens with zero attached hydrogens (tertiary/aromatic N) is 3. The average Bonchev–Trinajstić information content (AvgIpc) is 3.05. The van der Waals surface area contributed by atoms with Crippen LogP contribution in [0.3, 0.4) is 0 Å². The molecule has 0 aliphatic carbocycles. The van der Waals surface area contributed by atoms with Crippen molar-refractivity contribution in [2.45, 2.75) is 6.54 Å². The zero-order valence-electron chi connectivity index (χ0n) is 12.4. The molecule has 0 spiro atoms. The summed E-state index contributed by atoms with van der Waals surface area (Å²) in [5.74, 6) is 0. The van der Waals surface area contributed by atoms with Crippen LogP contribution in [0.15, 0.2) is 42.6 Å². The number of carbonyl (C=O) groups excluding carboxylic acids is 1. The van der Waals surface area contributed by atoms with Gasteiger partial charge in [-0.05, 0) is 6.07 Å². The van der Waals surface area contributed by atoms with E-state index in [1.807, 2.05) is 47.3 Å². The summed E-state index contributed by atoms with van der Waals surface area (Å²) in [5, 5.41) is 7.44. The monoisotopic (exact) mass is 300 g/mol. The Morgan fingerprint density at radius 2 is 1.95 bits per heavy atom. The molecule has 2 amide bonds. The third kappa shape index (κ3) is 3.65. The minimum absolute atomic E-state index is 0.0289. The van der Waals surface area contributed by atoms with Gasteiger partial charge in [0.25, 0.3) is 0 Å². The molecule has 1 saturated heterocycles. The maximum atomic E-state index is 11.9. The van der Waals surface area contributed by atoms with Gasteiger partial charge in [0.05, 0.1) is 25.5 Å². The number of benzene rings is 1. The molecule has 1 aliphatic rings. The molecule has 3 rings (SSSR count). The number of nitrogens with one attached hydrogen (secondary N) is 1. The molecular weight excluding hydrogens is 280 g/mol. The molecule has 6 heteroatoms. The molecule has 1 aromatic heterocycles. The van der Waals surface area contributed by atoms with Gasteiger partial charge >= 0.3 is 6.03 Å². The number of carbonyl (C=O) groups is 1. The number of amides is 2. The van der Waals surface area contributed by atoms with Gasteiger partial charge in [-0.2, -0.15) is 5.10 Å². The van der Waals surface area contributed by atoms with E-state index in [-0.39, 0.29) is 6.03 Å². The van der Waals surface area contributed by atoms with E-state index in [0.717, 1.165) is 11.3 Å². The Bertz CT molecular complexity index is 606. The summed E-state index contributed by atoms with van der Waals surface area (Å²) in [4.78, 5) is 13.7. The summed E-state index contributed by atoms with van der Waals surface area (Å²) in [7, 11) is 0. The summed E-state index contributed by atoms with van der Waals surface area (Å²) < 4.78 is 7.08. The van der Waals surface area contributed by atoms with Crippen molar-refractivity contribution in [2.75, 3.05) is 32.8 Å². The quantitative estimate of drug-likeness (QED) is 0.933. The smallest absolute Gasteiger partial charge is 0.317 e. The molecular formula is C16H20N4O2. The third-order valence-electron chi connectivity index (χ3n) is 3.63. The highest BCUT2D eigenvalue weighted by Crippen LogP contribution is 2.15. The molecule has 0 radical (unpaired) electrons. The third-order valence-corrected chi connectivity index (χ3v) is 3.63. The van der Waals surface area contributed by atoms with Gasteiger partial charge in [0, 0.05) is 31.4 Å². The van der Waals surface area contributed by atoms with E-state index in [1.165, 1.54) is 0 Å². The fourth-order valence-corrected chi connectivity index (χ4v) is 2.40. The number of rotatable bonds is 4. The normalized spacial score (nSPS) is 14.8. The van der Waals surface area contributed by atoms with Gasteiger partial charge in [-0.3, -0.25) is 4.68 Å². The molecule has 2 heterocycles. The highest BCUT2D eigenvalue weighted by molar-refractivity contribution is 5.74. The molecule has 22 heavy (non-hydrogen) atoms. The van der Waals surface area contributed by atoms with E-state index in [4.69, 9.17) is 4.74 Å². The van der Waals surface area contributed by atoms with Crippen LogP contribution >= 0.6 is 0 Å². The molecule has 2 aromatic rings. The second-order valence-electron chi connectivity index (χ2n) is 5.16. The number of morpholine rings is 1. The standard InChI is InChI=1S/C16H20N4O2/c21-16(19-10-12-22-13-11-19)17-7-9-20-8-6-15(18-20)14-4-2-1-3-5-14/h1-6,8H,7,9-13H2,(H,17,21). The minimum Gasteiger partial charge on any atom is -0.378 e. The van der Waals surface area contributed by atoms with E-state index in [2.05, 4.69) is 10.4 Å². The number of aromatic nitrogens is 2. The molecule has 1 aromatic carbocycles. The van der Waals surface area contributed by atoms with Crippen molar-refractivity contribution in [3.05, 3.63) is 42.6 Å². The molecule has 0 saturated carbocycles. The maximum absolute atomic E-state index is 11.9. The van der Waals surface area contributed by atoms with Gasteiger partial charge in [0.15, 0.2) is 0 Å². The van der Waals surface area contributed by atoms with Gasteiger partial charge in [-0.15, -0.1) is 0 Å². The lowest BCUT2D eigenvalue weighted by atomic mass is 10.2. The summed E-state index contributed by atoms with van der Waals surface area (Å²) in [5.41, 5.74) is 2.04. The summed E-state index contributed by atoms with van der Waals surface area (Å²) in [6, 6.07) is 12.0. The predicted octanol–water partition coefficient (Wildman–Crippen LogP) is 1.59. The van der Waals surface area contributed by atoms with E-state index in [0.29, 0.717) is 39.4 Å². The van der Waals surface area contributed by atoms with Gasteiger partial charge < -0.3 is 15.0 Å². The number of ether oxygens (including phenoxy) is 1. The predicted molar refractivity (Wildman–Crippen MR) is 83.5 cm³/mol. The van der Waals surface area contributed by atoms with Crippen LogP contribution < -0.4 is 5.32 Å². The summed E-state index contributed by atoms with van der Waals surface area (Å²) >= 11 is 0. The zero-order valence-corrected chi connectivity index (χ0v) is 12.4. The first-order chi connectivity index (χ1) is 10.8. The fraction of sp³-hybridized carbons (Fsp3) is 0.375. The molecule has 0 unspecified atom stereocenters. The largest absolute Gasteiger partial charge is 0.378 e. The topological polar surface area (TPSA) is 59.4 Å². The van der Waals surface area contributed by atoms with Crippen molar-refractivity contribution in [1.82, 2.24) is 20.0 Å². The molecule has 1 aliphatic heterocycles. The molecule has 116 valence electrons. The molecule has 0 atom stereocenters. The molecule has 1 N–H and O–H groups in total. The van der Waals surface area contributed by atoms with E-state index < -0.39 is 0 Å². The fourth-order valence-electron chi connectivity index (χ4n) is 2.40. The van der Waals surface area contributed by atoms with Gasteiger partial charge in [-0.25, -0.2) is 4.79 Å². The summed E-state index contributed by atoms with van der Waals surface area (Å²) in [6.45, 7) is 3.77. The van der Waals surface area contributed by atoms with Crippen molar-refractivity contribution in [3.8, 4) is 11.3 Å². The van der Waals surface area contributed by atoms with Crippen molar-refractivity contribution in [2.24, 2.45) is 0 Å². The van der Waals surface area contributed by atoms with Crippen molar-refractivity contribution < 1.29 is 9.53 Å². The Morgan fingerprint density at radius 1 is 1.18 bits per heavy atom. The van der Waals surface area contributed by atoms with Gasteiger partial charge in [-0.1, -0.05) is 30.3 Å². The van der Waals surface area contributed by atoms with Crippen LogP contribution in [-0.2, 0) is 11.3 Å². The number of hydrogen-bond acceptors (Lipinski definition) is 3. The van der Waals surface area contributed by atoms with Crippen LogP contribution in [0.1, 0.15) is 0 Å². The van der Waals surface area contributed by atoms with E-state index in [9.17, 15) is 4.79 Å². The molecule has 1 fully saturated rings. The van der Waals surface area contributed by atoms with Crippen molar-refractivity contribution >= 4 is 6.03 Å². The van der Waals surface area contributed by atoms with Gasteiger partial charge in [0.2, 0.25) is 0 Å². The van der Waals surface area contributed by atoms with Crippen molar-refractivity contribution in [1.29, 1.82) is 0 Å². The molecule has 0 bridgehead atoms. The Kier molecular flexibility index (Phi) is 4.70. The lowest BCUT2D eigenvalue weighted by molar-refractivity contribution is 0.0532. The SMILES string of the molecule is O=C(NCCn1ccc(-c2ccccc2)n1)N1CCOCC1. The Morgan fingerprint density at radius 3 is 2.73 bits per heavy atom. The van der Waals surface area contributed by atoms with E-state index in [1.54, 1.807) is 4.90 Å². The van der Waals surface area contributed by atoms with Gasteiger partial charge in [0.1, 0.15) is 0 Å². The first kappa shape index (κ1) is 14.6. The highest BCUT2D eigenvalue weighted by Gasteiger charge is 2.15. The second kappa shape index (κ2) is 7.09. The van der Waals surface area contributed by atoms with Crippen molar-refractivity contribution in [3.63, 3.8) is 0 Å². The first-order valence-corrected chi connectivity index (χ1v) is 7.52. The number of hydrogen-bond donors (Lipinski definition) is 1. The Balaban J connectivity index is 1.48. The van der Waals surface area contributed by atoms with Crippen LogP contribution in [0, 0.1) is 0 Å². The second-order valence-corrected chi connectivity index (χ2v) is 5.16. The highest BCUT2D eigenvalue weighted by atomic mass is 16.5. The lowest BCUT2D eigenvalue weighted by Crippen LogP contribution is -2.46.